The Morgan fingerprint density at radius 1 is 0.706 bits per heavy atom. The number of hydrogen-bond donors (Lipinski definition) is 1. The van der Waals surface area contributed by atoms with Gasteiger partial charge in [-0.15, -0.1) is 0 Å². The molecule has 0 spiro atoms. The van der Waals surface area contributed by atoms with Gasteiger partial charge in [-0.25, -0.2) is 0 Å². The van der Waals surface area contributed by atoms with E-state index < -0.39 is 30.9 Å². The Kier molecular flexibility index (Phi) is 9.41. The zero-order valence-electron chi connectivity index (χ0n) is 19.3. The molecule has 0 radical (unpaired) electrons. The highest BCUT2D eigenvalue weighted by atomic mass is 16.7. The van der Waals surface area contributed by atoms with Crippen molar-refractivity contribution in [3.8, 4) is 0 Å². The molecule has 0 bridgehead atoms. The zero-order chi connectivity index (χ0) is 23.6. The molecule has 0 unspecified atom stereocenters. The molecule has 0 saturated carbocycles. The van der Waals surface area contributed by atoms with Crippen molar-refractivity contribution in [1.29, 1.82) is 0 Å². The van der Waals surface area contributed by atoms with E-state index in [9.17, 15) is 5.11 Å². The van der Waals surface area contributed by atoms with Crippen LogP contribution >= 0.6 is 0 Å². The maximum Gasteiger partial charge on any atom is 0.178 e. The Balaban J connectivity index is 1.29. The summed E-state index contributed by atoms with van der Waals surface area (Å²) in [6.45, 7) is 1.49. The molecule has 34 heavy (non-hydrogen) atoms. The lowest BCUT2D eigenvalue weighted by Crippen LogP contribution is -2.45. The summed E-state index contributed by atoms with van der Waals surface area (Å²) in [6, 6.07) is 19.8. The Labute approximate surface area is 200 Å². The predicted octanol–water partition coefficient (Wildman–Crippen LogP) is 3.37. The third-order valence-electron chi connectivity index (χ3n) is 5.60. The Morgan fingerprint density at radius 2 is 1.26 bits per heavy atom. The van der Waals surface area contributed by atoms with Crippen LogP contribution in [0.1, 0.15) is 11.1 Å². The highest BCUT2D eigenvalue weighted by Gasteiger charge is 2.33. The van der Waals surface area contributed by atoms with Gasteiger partial charge in [0.1, 0.15) is 24.4 Å². The standard InChI is InChI=1S/C27H32O7/c1-29-26-15-13-23(25(34-26)19-31-17-21-10-6-3-7-11-21)32-27-14-12-22(28)24(33-27)18-30-16-20-8-4-2-5-9-20/h2-15,22-28H,16-19H2,1H3/t22-,23-,24+,25+,26-,27-/m0/s1. The van der Waals surface area contributed by atoms with Crippen LogP contribution in [0.5, 0.6) is 0 Å². The van der Waals surface area contributed by atoms with E-state index in [2.05, 4.69) is 0 Å². The minimum absolute atomic E-state index is 0.243. The number of methoxy groups -OCH3 is 1. The first kappa shape index (κ1) is 24.8. The second-order valence-corrected chi connectivity index (χ2v) is 8.18. The maximum atomic E-state index is 10.3. The maximum absolute atomic E-state index is 10.3. The number of aliphatic hydroxyl groups excluding tert-OH is 1. The fraction of sp³-hybridized carbons (Fsp3) is 0.407. The minimum Gasteiger partial charge on any atom is -0.386 e. The molecular weight excluding hydrogens is 436 g/mol. The second kappa shape index (κ2) is 12.9. The van der Waals surface area contributed by atoms with Crippen molar-refractivity contribution in [2.45, 2.75) is 50.2 Å². The van der Waals surface area contributed by atoms with Crippen molar-refractivity contribution in [1.82, 2.24) is 0 Å². The predicted molar refractivity (Wildman–Crippen MR) is 126 cm³/mol. The lowest BCUT2D eigenvalue weighted by Gasteiger charge is -2.35. The van der Waals surface area contributed by atoms with E-state index in [1.165, 1.54) is 0 Å². The zero-order valence-corrected chi connectivity index (χ0v) is 19.3. The SMILES string of the molecule is CO[C@@H]1C=C[C@H](O[C@@H]2C=C[C@H](O)[C@@H](COCc3ccccc3)O2)[C@@H](COCc2ccccc2)O1. The molecule has 0 fully saturated rings. The summed E-state index contributed by atoms with van der Waals surface area (Å²) in [5.41, 5.74) is 2.15. The summed E-state index contributed by atoms with van der Waals surface area (Å²) >= 11 is 0. The monoisotopic (exact) mass is 468 g/mol. The molecule has 182 valence electrons. The van der Waals surface area contributed by atoms with Crippen LogP contribution in [0.4, 0.5) is 0 Å². The number of aliphatic hydroxyl groups is 1. The molecule has 1 N–H and O–H groups in total. The number of ether oxygens (including phenoxy) is 6. The molecule has 7 nitrogen and oxygen atoms in total. The lowest BCUT2D eigenvalue weighted by atomic mass is 10.1. The fourth-order valence-corrected chi connectivity index (χ4v) is 3.75. The Bertz CT molecular complexity index is 902. The van der Waals surface area contributed by atoms with E-state index in [0.717, 1.165) is 11.1 Å². The first-order valence-corrected chi connectivity index (χ1v) is 11.5. The highest BCUT2D eigenvalue weighted by Crippen LogP contribution is 2.23. The summed E-state index contributed by atoms with van der Waals surface area (Å²) in [4.78, 5) is 0. The van der Waals surface area contributed by atoms with E-state index in [1.54, 1.807) is 25.3 Å². The van der Waals surface area contributed by atoms with E-state index in [1.807, 2.05) is 66.7 Å². The van der Waals surface area contributed by atoms with Crippen molar-refractivity contribution in [2.75, 3.05) is 20.3 Å². The highest BCUT2D eigenvalue weighted by molar-refractivity contribution is 5.14. The van der Waals surface area contributed by atoms with Crippen LogP contribution in [0.25, 0.3) is 0 Å². The number of benzene rings is 2. The van der Waals surface area contributed by atoms with Gasteiger partial charge in [-0.05, 0) is 23.3 Å². The molecule has 2 heterocycles. The van der Waals surface area contributed by atoms with Gasteiger partial charge in [0, 0.05) is 7.11 Å². The van der Waals surface area contributed by atoms with E-state index in [0.29, 0.717) is 19.8 Å². The summed E-state index contributed by atoms with van der Waals surface area (Å²) < 4.78 is 35.1. The average Bonchev–Trinajstić information content (AvgIpc) is 2.88. The molecule has 6 atom stereocenters. The number of hydrogen-bond acceptors (Lipinski definition) is 7. The molecule has 2 aliphatic heterocycles. The van der Waals surface area contributed by atoms with Crippen molar-refractivity contribution >= 4 is 0 Å². The van der Waals surface area contributed by atoms with Crippen molar-refractivity contribution in [3.05, 3.63) is 96.1 Å². The quantitative estimate of drug-likeness (QED) is 0.507. The van der Waals surface area contributed by atoms with Gasteiger partial charge in [0.25, 0.3) is 0 Å². The van der Waals surface area contributed by atoms with Crippen molar-refractivity contribution in [3.63, 3.8) is 0 Å². The second-order valence-electron chi connectivity index (χ2n) is 8.18. The smallest absolute Gasteiger partial charge is 0.178 e. The van der Waals surface area contributed by atoms with Gasteiger partial charge in [0.05, 0.1) is 26.4 Å². The largest absolute Gasteiger partial charge is 0.386 e. The van der Waals surface area contributed by atoms with Gasteiger partial charge in [0.2, 0.25) is 0 Å². The van der Waals surface area contributed by atoms with Crippen LogP contribution in [-0.4, -0.2) is 62.4 Å². The summed E-state index contributed by atoms with van der Waals surface area (Å²) in [7, 11) is 1.59. The third-order valence-corrected chi connectivity index (χ3v) is 5.60. The first-order chi connectivity index (χ1) is 16.7. The van der Waals surface area contributed by atoms with Gasteiger partial charge < -0.3 is 33.5 Å². The molecule has 0 aliphatic carbocycles. The summed E-state index contributed by atoms with van der Waals surface area (Å²) in [5, 5.41) is 10.3. The van der Waals surface area contributed by atoms with Crippen molar-refractivity contribution < 1.29 is 33.5 Å². The normalized spacial score (nSPS) is 28.8. The lowest BCUT2D eigenvalue weighted by molar-refractivity contribution is -0.237. The van der Waals surface area contributed by atoms with Gasteiger partial charge in [-0.1, -0.05) is 72.8 Å². The Hall–Kier alpha value is -2.36. The van der Waals surface area contributed by atoms with Gasteiger partial charge in [0.15, 0.2) is 12.6 Å². The van der Waals surface area contributed by atoms with Crippen LogP contribution in [0.3, 0.4) is 0 Å². The number of rotatable bonds is 11. The molecule has 0 amide bonds. The first-order valence-electron chi connectivity index (χ1n) is 11.5. The molecular formula is C27H32O7. The third kappa shape index (κ3) is 7.32. The van der Waals surface area contributed by atoms with Crippen molar-refractivity contribution in [2.24, 2.45) is 0 Å². The average molecular weight is 469 g/mol. The Morgan fingerprint density at radius 3 is 1.88 bits per heavy atom. The molecule has 2 aromatic carbocycles. The van der Waals surface area contributed by atoms with E-state index in [-0.39, 0.29) is 12.7 Å². The van der Waals surface area contributed by atoms with Crippen LogP contribution in [0, 0.1) is 0 Å². The molecule has 2 aliphatic rings. The molecule has 0 saturated heterocycles. The molecule has 4 rings (SSSR count). The summed E-state index contributed by atoms with van der Waals surface area (Å²) in [5.74, 6) is 0. The van der Waals surface area contributed by atoms with E-state index >= 15 is 0 Å². The molecule has 7 heteroatoms. The minimum atomic E-state index is -0.767. The van der Waals surface area contributed by atoms with Gasteiger partial charge >= 0.3 is 0 Å². The fourth-order valence-electron chi connectivity index (χ4n) is 3.75. The van der Waals surface area contributed by atoms with Crippen LogP contribution in [-0.2, 0) is 41.6 Å². The van der Waals surface area contributed by atoms with Crippen LogP contribution in [0.15, 0.2) is 85.0 Å². The van der Waals surface area contributed by atoms with Crippen LogP contribution in [0.2, 0.25) is 0 Å². The van der Waals surface area contributed by atoms with Gasteiger partial charge in [-0.3, -0.25) is 0 Å². The van der Waals surface area contributed by atoms with Gasteiger partial charge in [-0.2, -0.15) is 0 Å². The topological polar surface area (TPSA) is 75.6 Å². The summed E-state index contributed by atoms with van der Waals surface area (Å²) in [6.07, 6.45) is 3.89. The molecule has 0 aromatic heterocycles. The van der Waals surface area contributed by atoms with Crippen LogP contribution < -0.4 is 0 Å². The molecule has 2 aromatic rings. The van der Waals surface area contributed by atoms with E-state index in [4.69, 9.17) is 28.4 Å².